The second-order valence-electron chi connectivity index (χ2n) is 2.37. The molecular formula is C8H16O5Si. The summed E-state index contributed by atoms with van der Waals surface area (Å²) in [5, 5.41) is 0.104. The summed E-state index contributed by atoms with van der Waals surface area (Å²) < 4.78 is 20.0. The summed E-state index contributed by atoms with van der Waals surface area (Å²) in [6.45, 7) is 5.56. The van der Waals surface area contributed by atoms with Gasteiger partial charge in [0, 0.05) is 21.3 Å². The van der Waals surface area contributed by atoms with E-state index in [0.29, 0.717) is 0 Å². The Morgan fingerprint density at radius 1 is 1.21 bits per heavy atom. The van der Waals surface area contributed by atoms with E-state index >= 15 is 0 Å². The van der Waals surface area contributed by atoms with Crippen LogP contribution >= 0.6 is 0 Å². The van der Waals surface area contributed by atoms with Gasteiger partial charge in [-0.1, -0.05) is 6.58 Å². The molecule has 0 aliphatic carbocycles. The molecule has 5 nitrogen and oxygen atoms in total. The number of hydrogen-bond acceptors (Lipinski definition) is 5. The molecule has 0 saturated heterocycles. The third kappa shape index (κ3) is 2.65. The molecule has 0 spiro atoms. The highest BCUT2D eigenvalue weighted by Gasteiger charge is 2.46. The maximum Gasteiger partial charge on any atom is 0.543 e. The van der Waals surface area contributed by atoms with Gasteiger partial charge in [0.05, 0.1) is 6.61 Å². The van der Waals surface area contributed by atoms with E-state index in [4.69, 9.17) is 18.0 Å². The fraction of sp³-hybridized carbons (Fsp3) is 0.625. The Morgan fingerprint density at radius 2 is 1.64 bits per heavy atom. The van der Waals surface area contributed by atoms with Crippen molar-refractivity contribution in [3.05, 3.63) is 11.8 Å². The Balaban J connectivity index is 4.67. The highest BCUT2D eigenvalue weighted by Crippen LogP contribution is 2.17. The second-order valence-corrected chi connectivity index (χ2v) is 5.31. The Bertz CT molecular complexity index is 204. The van der Waals surface area contributed by atoms with Gasteiger partial charge in [-0.05, 0) is 6.92 Å². The van der Waals surface area contributed by atoms with Gasteiger partial charge in [0.2, 0.25) is 0 Å². The fourth-order valence-electron chi connectivity index (χ4n) is 0.963. The van der Waals surface area contributed by atoms with Crippen molar-refractivity contribution in [3.63, 3.8) is 0 Å². The van der Waals surface area contributed by atoms with Crippen molar-refractivity contribution in [2.75, 3.05) is 27.9 Å². The number of hydrogen-bond donors (Lipinski definition) is 0. The zero-order valence-electron chi connectivity index (χ0n) is 8.96. The minimum absolute atomic E-state index is 0.104. The molecule has 0 amide bonds. The Hall–Kier alpha value is -0.693. The van der Waals surface area contributed by atoms with Gasteiger partial charge in [-0.15, -0.1) is 0 Å². The maximum atomic E-state index is 11.3. The molecule has 0 unspecified atom stereocenters. The van der Waals surface area contributed by atoms with Crippen molar-refractivity contribution >= 4 is 14.8 Å². The Labute approximate surface area is 85.0 Å². The quantitative estimate of drug-likeness (QED) is 0.371. The molecule has 14 heavy (non-hydrogen) atoms. The first-order valence-corrected chi connectivity index (χ1v) is 5.82. The minimum Gasteiger partial charge on any atom is -0.463 e. The van der Waals surface area contributed by atoms with Crippen LogP contribution < -0.4 is 0 Å². The predicted octanol–water partition coefficient (Wildman–Crippen LogP) is 0.523. The highest BCUT2D eigenvalue weighted by atomic mass is 28.4. The number of rotatable bonds is 6. The van der Waals surface area contributed by atoms with Crippen LogP contribution in [-0.2, 0) is 22.8 Å². The van der Waals surface area contributed by atoms with Crippen LogP contribution in [0.3, 0.4) is 0 Å². The van der Waals surface area contributed by atoms with Gasteiger partial charge in [0.15, 0.2) is 0 Å². The minimum atomic E-state index is -3.09. The van der Waals surface area contributed by atoms with Crippen LogP contribution in [0, 0.1) is 0 Å². The first kappa shape index (κ1) is 13.3. The first-order chi connectivity index (χ1) is 6.57. The van der Waals surface area contributed by atoms with Crippen molar-refractivity contribution < 1.29 is 22.8 Å². The predicted molar refractivity (Wildman–Crippen MR) is 52.6 cm³/mol. The lowest BCUT2D eigenvalue weighted by Gasteiger charge is -2.24. The summed E-state index contributed by atoms with van der Waals surface area (Å²) in [7, 11) is 1.13. The van der Waals surface area contributed by atoms with Crippen molar-refractivity contribution in [1.82, 2.24) is 0 Å². The summed E-state index contributed by atoms with van der Waals surface area (Å²) in [6, 6.07) is 0. The van der Waals surface area contributed by atoms with Crippen LogP contribution in [0.2, 0.25) is 0 Å². The van der Waals surface area contributed by atoms with E-state index in [-0.39, 0.29) is 11.8 Å². The van der Waals surface area contributed by atoms with Gasteiger partial charge in [-0.3, -0.25) is 0 Å². The average Bonchev–Trinajstić information content (AvgIpc) is 2.21. The number of carbonyl (C=O) groups excluding carboxylic acids is 1. The lowest BCUT2D eigenvalue weighted by Crippen LogP contribution is -2.47. The number of ether oxygens (including phenoxy) is 1. The van der Waals surface area contributed by atoms with E-state index in [1.165, 1.54) is 21.3 Å². The van der Waals surface area contributed by atoms with Crippen LogP contribution in [0.5, 0.6) is 0 Å². The van der Waals surface area contributed by atoms with Crippen LogP contribution in [0.4, 0.5) is 0 Å². The molecule has 0 aliphatic heterocycles. The van der Waals surface area contributed by atoms with Gasteiger partial charge >= 0.3 is 14.8 Å². The first-order valence-electron chi connectivity index (χ1n) is 4.09. The van der Waals surface area contributed by atoms with Crippen molar-refractivity contribution in [2.45, 2.75) is 6.92 Å². The molecule has 0 N–H and O–H groups in total. The molecule has 0 aliphatic rings. The zero-order chi connectivity index (χ0) is 11.2. The molecule has 82 valence electrons. The lowest BCUT2D eigenvalue weighted by molar-refractivity contribution is -0.138. The molecule has 6 heteroatoms. The molecule has 0 bridgehead atoms. The van der Waals surface area contributed by atoms with Crippen LogP contribution in [0.1, 0.15) is 6.92 Å². The van der Waals surface area contributed by atoms with Crippen molar-refractivity contribution in [1.29, 1.82) is 0 Å². The SMILES string of the molecule is C=C(C(=O)OCC)[Si](OC)(OC)OC. The van der Waals surface area contributed by atoms with E-state index in [1.807, 2.05) is 0 Å². The maximum absolute atomic E-state index is 11.3. The molecule has 0 radical (unpaired) electrons. The zero-order valence-corrected chi connectivity index (χ0v) is 9.96. The lowest BCUT2D eigenvalue weighted by atomic mass is 10.6. The van der Waals surface area contributed by atoms with E-state index in [0.717, 1.165) is 0 Å². The van der Waals surface area contributed by atoms with Crippen LogP contribution in [0.25, 0.3) is 0 Å². The molecule has 0 saturated carbocycles. The molecular weight excluding hydrogens is 204 g/mol. The summed E-state index contributed by atoms with van der Waals surface area (Å²) >= 11 is 0. The van der Waals surface area contributed by atoms with E-state index < -0.39 is 14.8 Å². The standard InChI is InChI=1S/C8H16O5Si/c1-6-13-8(9)7(2)14(10-3,11-4)12-5/h2,6H2,1,3-5H3. The third-order valence-corrected chi connectivity index (χ3v) is 4.25. The highest BCUT2D eigenvalue weighted by molar-refractivity contribution is 6.73. The normalized spacial score (nSPS) is 11.1. The second kappa shape index (κ2) is 5.92. The van der Waals surface area contributed by atoms with E-state index in [9.17, 15) is 4.79 Å². The van der Waals surface area contributed by atoms with E-state index in [2.05, 4.69) is 6.58 Å². The van der Waals surface area contributed by atoms with Gasteiger partial charge in [0.25, 0.3) is 0 Å². The van der Waals surface area contributed by atoms with Gasteiger partial charge < -0.3 is 18.0 Å². The molecule has 0 aromatic carbocycles. The molecule has 0 aromatic rings. The smallest absolute Gasteiger partial charge is 0.463 e. The molecule has 0 atom stereocenters. The van der Waals surface area contributed by atoms with Gasteiger partial charge in [0.1, 0.15) is 5.20 Å². The fourth-order valence-corrected chi connectivity index (χ4v) is 2.52. The number of esters is 1. The van der Waals surface area contributed by atoms with Crippen LogP contribution in [0.15, 0.2) is 11.8 Å². The monoisotopic (exact) mass is 220 g/mol. The molecule has 0 aromatic heterocycles. The Kier molecular flexibility index (Phi) is 5.62. The van der Waals surface area contributed by atoms with Gasteiger partial charge in [-0.25, -0.2) is 4.79 Å². The summed E-state index contributed by atoms with van der Waals surface area (Å²) in [4.78, 5) is 11.3. The Morgan fingerprint density at radius 3 is 1.93 bits per heavy atom. The van der Waals surface area contributed by atoms with Crippen LogP contribution in [-0.4, -0.2) is 42.7 Å². The molecule has 0 rings (SSSR count). The summed E-state index contributed by atoms with van der Waals surface area (Å²) in [5.74, 6) is -0.551. The van der Waals surface area contributed by atoms with Gasteiger partial charge in [-0.2, -0.15) is 0 Å². The summed E-state index contributed by atoms with van der Waals surface area (Å²) in [6.07, 6.45) is 0. The largest absolute Gasteiger partial charge is 0.543 e. The molecule has 0 heterocycles. The molecule has 0 fully saturated rings. The van der Waals surface area contributed by atoms with Crippen molar-refractivity contribution in [2.24, 2.45) is 0 Å². The third-order valence-electron chi connectivity index (χ3n) is 1.70. The average molecular weight is 220 g/mol. The van der Waals surface area contributed by atoms with Crippen molar-refractivity contribution in [3.8, 4) is 0 Å². The topological polar surface area (TPSA) is 54.0 Å². The number of carbonyl (C=O) groups is 1. The summed E-state index contributed by atoms with van der Waals surface area (Å²) in [5.41, 5.74) is 0. The van der Waals surface area contributed by atoms with E-state index in [1.54, 1.807) is 6.92 Å².